The van der Waals surface area contributed by atoms with Crippen LogP contribution in [0.25, 0.3) is 0 Å². The molecular weight excluding hydrogens is 361 g/mol. The molecule has 0 aromatic heterocycles. The second-order valence-electron chi connectivity index (χ2n) is 6.83. The van der Waals surface area contributed by atoms with Gasteiger partial charge in [-0.25, -0.2) is 4.39 Å². The number of nitriles is 2. The summed E-state index contributed by atoms with van der Waals surface area (Å²) in [5, 5.41) is 21.8. The Morgan fingerprint density at radius 2 is 1.89 bits per heavy atom. The van der Waals surface area contributed by atoms with Crippen LogP contribution in [0.1, 0.15) is 21.5 Å². The molecule has 1 aliphatic carbocycles. The van der Waals surface area contributed by atoms with Crippen molar-refractivity contribution >= 4 is 17.4 Å². The first-order valence-corrected chi connectivity index (χ1v) is 8.55. The second kappa shape index (κ2) is 5.90. The van der Waals surface area contributed by atoms with E-state index in [1.54, 1.807) is 30.3 Å². The zero-order valence-electron chi connectivity index (χ0n) is 14.8. The summed E-state index contributed by atoms with van der Waals surface area (Å²) < 4.78 is 21.8. The van der Waals surface area contributed by atoms with Crippen molar-refractivity contribution in [3.05, 3.63) is 59.2 Å². The summed E-state index contributed by atoms with van der Waals surface area (Å²) in [5.41, 5.74) is -4.12. The average molecular weight is 375 g/mol. The van der Waals surface area contributed by atoms with Crippen molar-refractivity contribution in [2.75, 3.05) is 12.4 Å². The number of carbonyl (C=O) groups is 2. The van der Waals surface area contributed by atoms with E-state index in [0.717, 1.165) is 0 Å². The molecule has 6 nitrogen and oxygen atoms in total. The summed E-state index contributed by atoms with van der Waals surface area (Å²) in [6.07, 6.45) is -0.388. The van der Waals surface area contributed by atoms with Crippen LogP contribution in [-0.2, 0) is 16.6 Å². The quantitative estimate of drug-likeness (QED) is 0.888. The molecule has 0 saturated heterocycles. The fourth-order valence-corrected chi connectivity index (χ4v) is 4.34. The maximum absolute atomic E-state index is 16.7. The SMILES string of the molecule is COc1ccc2c(c1)NC(=O)[C@]2(C(C#N)C#N)[C@]1(F)Cc2ccccc2C1=O. The van der Waals surface area contributed by atoms with Gasteiger partial charge in [-0.3, -0.25) is 9.59 Å². The number of benzene rings is 2. The molecule has 4 rings (SSSR count). The van der Waals surface area contributed by atoms with Crippen LogP contribution < -0.4 is 10.1 Å². The second-order valence-corrected chi connectivity index (χ2v) is 6.83. The lowest BCUT2D eigenvalue weighted by Gasteiger charge is -2.38. The van der Waals surface area contributed by atoms with Crippen molar-refractivity contribution in [1.82, 2.24) is 0 Å². The molecule has 138 valence electrons. The number of nitrogens with one attached hydrogen (secondary N) is 1. The number of ether oxygens (including phenoxy) is 1. The number of amides is 1. The van der Waals surface area contributed by atoms with Gasteiger partial charge in [-0.15, -0.1) is 0 Å². The lowest BCUT2D eigenvalue weighted by molar-refractivity contribution is -0.126. The minimum Gasteiger partial charge on any atom is -0.497 e. The Kier molecular flexibility index (Phi) is 3.73. The molecule has 0 saturated carbocycles. The molecule has 0 radical (unpaired) electrons. The van der Waals surface area contributed by atoms with E-state index in [1.165, 1.54) is 31.4 Å². The number of halogens is 1. The Labute approximate surface area is 160 Å². The zero-order valence-corrected chi connectivity index (χ0v) is 14.8. The summed E-state index contributed by atoms with van der Waals surface area (Å²) in [7, 11) is 1.44. The first-order valence-electron chi connectivity index (χ1n) is 8.55. The van der Waals surface area contributed by atoms with Gasteiger partial charge in [0.05, 0.1) is 19.2 Å². The highest BCUT2D eigenvalue weighted by molar-refractivity contribution is 6.17. The molecule has 0 bridgehead atoms. The first kappa shape index (κ1) is 17.7. The topological polar surface area (TPSA) is 103 Å². The summed E-state index contributed by atoms with van der Waals surface area (Å²) in [6, 6.07) is 14.3. The number of carbonyl (C=O) groups excluding carboxylic acids is 2. The largest absolute Gasteiger partial charge is 0.497 e. The maximum atomic E-state index is 16.7. The minimum atomic E-state index is -2.77. The number of ketones is 1. The number of methoxy groups -OCH3 is 1. The smallest absolute Gasteiger partial charge is 0.241 e. The Hall–Kier alpha value is -3.71. The Morgan fingerprint density at radius 1 is 1.18 bits per heavy atom. The van der Waals surface area contributed by atoms with E-state index < -0.39 is 28.7 Å². The molecule has 0 fully saturated rings. The number of alkyl halides is 1. The number of hydrogen-bond acceptors (Lipinski definition) is 5. The Bertz CT molecular complexity index is 1100. The third kappa shape index (κ3) is 1.93. The van der Waals surface area contributed by atoms with Gasteiger partial charge >= 0.3 is 0 Å². The van der Waals surface area contributed by atoms with Crippen molar-refractivity contribution in [3.8, 4) is 17.9 Å². The van der Waals surface area contributed by atoms with Crippen molar-refractivity contribution < 1.29 is 18.7 Å². The fraction of sp³-hybridized carbons (Fsp3) is 0.238. The van der Waals surface area contributed by atoms with Gasteiger partial charge in [0, 0.05) is 23.7 Å². The molecule has 7 heteroatoms. The third-order valence-corrected chi connectivity index (χ3v) is 5.63. The van der Waals surface area contributed by atoms with E-state index in [0.29, 0.717) is 11.3 Å². The standard InChI is InChI=1S/C21H14FN3O3/c1-28-14-6-7-16-17(8-14)25-19(27)21(16,13(10-23)11-24)20(22)9-12-4-2-3-5-15(12)18(20)26/h2-8,13H,9H2,1H3,(H,25,27)/t20-,21+/m0/s1. The van der Waals surface area contributed by atoms with E-state index in [9.17, 15) is 20.1 Å². The maximum Gasteiger partial charge on any atom is 0.241 e. The number of anilines is 1. The normalized spacial score (nSPS) is 24.9. The van der Waals surface area contributed by atoms with Crippen molar-refractivity contribution in [2.24, 2.45) is 5.92 Å². The fourth-order valence-electron chi connectivity index (χ4n) is 4.34. The van der Waals surface area contributed by atoms with Gasteiger partial charge in [-0.2, -0.15) is 10.5 Å². The molecule has 1 aliphatic heterocycles. The third-order valence-electron chi connectivity index (χ3n) is 5.63. The van der Waals surface area contributed by atoms with Gasteiger partial charge < -0.3 is 10.1 Å². The van der Waals surface area contributed by atoms with Gasteiger partial charge in [0.15, 0.2) is 11.6 Å². The highest BCUT2D eigenvalue weighted by Crippen LogP contribution is 2.56. The van der Waals surface area contributed by atoms with E-state index in [4.69, 9.17) is 4.74 Å². The number of rotatable bonds is 3. The van der Waals surface area contributed by atoms with Crippen LogP contribution in [-0.4, -0.2) is 24.5 Å². The van der Waals surface area contributed by atoms with Crippen LogP contribution in [0.4, 0.5) is 10.1 Å². The molecule has 2 atom stereocenters. The highest BCUT2D eigenvalue weighted by atomic mass is 19.1. The Balaban J connectivity index is 2.03. The van der Waals surface area contributed by atoms with E-state index in [1.807, 2.05) is 0 Å². The number of nitrogens with zero attached hydrogens (tertiary/aromatic N) is 2. The van der Waals surface area contributed by atoms with Crippen LogP contribution >= 0.6 is 0 Å². The van der Waals surface area contributed by atoms with Crippen molar-refractivity contribution in [2.45, 2.75) is 17.5 Å². The van der Waals surface area contributed by atoms with Gasteiger partial charge in [-0.1, -0.05) is 30.3 Å². The molecule has 1 N–H and O–H groups in total. The molecule has 2 aromatic carbocycles. The van der Waals surface area contributed by atoms with Gasteiger partial charge in [-0.05, 0) is 17.2 Å². The zero-order chi connectivity index (χ0) is 20.1. The first-order chi connectivity index (χ1) is 13.4. The van der Waals surface area contributed by atoms with Gasteiger partial charge in [0.2, 0.25) is 11.7 Å². The molecule has 2 aromatic rings. The Morgan fingerprint density at radius 3 is 2.54 bits per heavy atom. The number of hydrogen-bond donors (Lipinski definition) is 1. The monoisotopic (exact) mass is 375 g/mol. The lowest BCUT2D eigenvalue weighted by atomic mass is 9.60. The van der Waals surface area contributed by atoms with E-state index >= 15 is 4.39 Å². The minimum absolute atomic E-state index is 0.107. The van der Waals surface area contributed by atoms with Crippen LogP contribution in [0.2, 0.25) is 0 Å². The molecule has 1 heterocycles. The van der Waals surface area contributed by atoms with Crippen LogP contribution in [0, 0.1) is 28.6 Å². The average Bonchev–Trinajstić information content (AvgIpc) is 3.15. The predicted molar refractivity (Wildman–Crippen MR) is 96.3 cm³/mol. The molecular formula is C21H14FN3O3. The number of Topliss-reactive ketones (excluding diaryl/α,β-unsaturated/α-hetero) is 1. The van der Waals surface area contributed by atoms with Crippen LogP contribution in [0.3, 0.4) is 0 Å². The molecule has 0 spiro atoms. The number of fused-ring (bicyclic) bond motifs is 2. The van der Waals surface area contributed by atoms with Crippen molar-refractivity contribution in [1.29, 1.82) is 10.5 Å². The van der Waals surface area contributed by atoms with Crippen LogP contribution in [0.15, 0.2) is 42.5 Å². The summed E-state index contributed by atoms with van der Waals surface area (Å²) in [5.74, 6) is -3.07. The van der Waals surface area contributed by atoms with E-state index in [2.05, 4.69) is 5.32 Å². The summed E-state index contributed by atoms with van der Waals surface area (Å²) in [4.78, 5) is 26.3. The summed E-state index contributed by atoms with van der Waals surface area (Å²) in [6.45, 7) is 0. The molecule has 0 unspecified atom stereocenters. The van der Waals surface area contributed by atoms with Crippen molar-refractivity contribution in [3.63, 3.8) is 0 Å². The molecule has 2 aliphatic rings. The van der Waals surface area contributed by atoms with Crippen LogP contribution in [0.5, 0.6) is 5.75 Å². The highest BCUT2D eigenvalue weighted by Gasteiger charge is 2.71. The molecule has 1 amide bonds. The predicted octanol–water partition coefficient (Wildman–Crippen LogP) is 2.70. The van der Waals surface area contributed by atoms with Gasteiger partial charge in [0.25, 0.3) is 0 Å². The van der Waals surface area contributed by atoms with Gasteiger partial charge in [0.1, 0.15) is 11.2 Å². The molecule has 28 heavy (non-hydrogen) atoms. The summed E-state index contributed by atoms with van der Waals surface area (Å²) >= 11 is 0. The van der Waals surface area contributed by atoms with E-state index in [-0.39, 0.29) is 23.2 Å². The lowest BCUT2D eigenvalue weighted by Crippen LogP contribution is -2.60.